The molecule has 1 aromatic heterocycles. The Hall–Kier alpha value is -3.34. The topological polar surface area (TPSA) is 115 Å². The molecule has 142 valence electrons. The van der Waals surface area contributed by atoms with E-state index in [1.807, 2.05) is 24.3 Å². The van der Waals surface area contributed by atoms with Crippen LogP contribution in [0.3, 0.4) is 0 Å². The van der Waals surface area contributed by atoms with Gasteiger partial charge < -0.3 is 20.2 Å². The Morgan fingerprint density at radius 3 is 2.68 bits per heavy atom. The van der Waals surface area contributed by atoms with Gasteiger partial charge in [0.05, 0.1) is 17.8 Å². The first kappa shape index (κ1) is 19.4. The van der Waals surface area contributed by atoms with Crippen LogP contribution < -0.4 is 10.6 Å². The number of furan rings is 1. The van der Waals surface area contributed by atoms with Gasteiger partial charge in [-0.05, 0) is 37.3 Å². The fourth-order valence-electron chi connectivity index (χ4n) is 2.56. The molecule has 0 fully saturated rings. The summed E-state index contributed by atoms with van der Waals surface area (Å²) in [5.74, 6) is -1.70. The molecular formula is C20H16ClN3O4. The van der Waals surface area contributed by atoms with Crippen molar-refractivity contribution in [1.29, 1.82) is 5.26 Å². The Morgan fingerprint density at radius 2 is 1.96 bits per heavy atom. The molecule has 8 heteroatoms. The van der Waals surface area contributed by atoms with Gasteiger partial charge in [-0.25, -0.2) is 0 Å². The minimum Gasteiger partial charge on any atom is -0.458 e. The fourth-order valence-corrected chi connectivity index (χ4v) is 2.74. The van der Waals surface area contributed by atoms with Gasteiger partial charge in [-0.2, -0.15) is 5.26 Å². The fraction of sp³-hybridized carbons (Fsp3) is 0.150. The highest BCUT2D eigenvalue weighted by Gasteiger charge is 2.29. The van der Waals surface area contributed by atoms with E-state index >= 15 is 0 Å². The molecule has 28 heavy (non-hydrogen) atoms. The Labute approximate surface area is 165 Å². The number of para-hydroxylation sites is 1. The number of fused-ring (bicyclic) bond motifs is 1. The number of nitrogens with zero attached hydrogens (tertiary/aromatic N) is 1. The molecule has 2 amide bonds. The third-order valence-corrected chi connectivity index (χ3v) is 4.34. The number of benzene rings is 2. The average molecular weight is 398 g/mol. The van der Waals surface area contributed by atoms with E-state index in [9.17, 15) is 14.7 Å². The first-order valence-electron chi connectivity index (χ1n) is 8.30. The maximum absolute atomic E-state index is 12.1. The quantitative estimate of drug-likeness (QED) is 0.585. The Morgan fingerprint density at radius 1 is 1.21 bits per heavy atom. The van der Waals surface area contributed by atoms with Crippen molar-refractivity contribution < 1.29 is 19.1 Å². The second-order valence-electron chi connectivity index (χ2n) is 6.36. The van der Waals surface area contributed by atoms with Gasteiger partial charge in [0, 0.05) is 10.4 Å². The molecule has 1 heterocycles. The molecule has 0 saturated heterocycles. The van der Waals surface area contributed by atoms with E-state index in [2.05, 4.69) is 10.6 Å². The summed E-state index contributed by atoms with van der Waals surface area (Å²) in [5.41, 5.74) is -0.631. The highest BCUT2D eigenvalue weighted by Crippen LogP contribution is 2.27. The van der Waals surface area contributed by atoms with Crippen LogP contribution in [-0.4, -0.2) is 23.5 Å². The largest absolute Gasteiger partial charge is 0.458 e. The van der Waals surface area contributed by atoms with Crippen molar-refractivity contribution in [1.82, 2.24) is 5.32 Å². The van der Waals surface area contributed by atoms with Crippen LogP contribution in [0.4, 0.5) is 5.69 Å². The molecule has 7 nitrogen and oxygen atoms in total. The average Bonchev–Trinajstić information content (AvgIpc) is 3.11. The summed E-state index contributed by atoms with van der Waals surface area (Å²) < 4.78 is 5.61. The second-order valence-corrected chi connectivity index (χ2v) is 6.80. The van der Waals surface area contributed by atoms with Crippen LogP contribution in [0, 0.1) is 11.3 Å². The van der Waals surface area contributed by atoms with Crippen molar-refractivity contribution in [3.8, 4) is 6.07 Å². The van der Waals surface area contributed by atoms with E-state index in [0.29, 0.717) is 10.6 Å². The van der Waals surface area contributed by atoms with E-state index in [1.165, 1.54) is 25.1 Å². The number of halogens is 1. The van der Waals surface area contributed by atoms with Crippen molar-refractivity contribution in [3.63, 3.8) is 0 Å². The van der Waals surface area contributed by atoms with Crippen LogP contribution in [0.25, 0.3) is 11.0 Å². The zero-order valence-corrected chi connectivity index (χ0v) is 15.6. The highest BCUT2D eigenvalue weighted by atomic mass is 35.5. The summed E-state index contributed by atoms with van der Waals surface area (Å²) in [6, 6.07) is 15.1. The van der Waals surface area contributed by atoms with Crippen LogP contribution in [0.2, 0.25) is 5.02 Å². The number of rotatable bonds is 4. The van der Waals surface area contributed by atoms with E-state index < -0.39 is 17.4 Å². The van der Waals surface area contributed by atoms with E-state index in [0.717, 1.165) is 5.39 Å². The van der Waals surface area contributed by atoms with Gasteiger partial charge in [-0.3, -0.25) is 9.59 Å². The molecule has 0 saturated carbocycles. The van der Waals surface area contributed by atoms with Crippen molar-refractivity contribution in [3.05, 3.63) is 64.9 Å². The van der Waals surface area contributed by atoms with Crippen molar-refractivity contribution in [2.45, 2.75) is 12.5 Å². The third-order valence-electron chi connectivity index (χ3n) is 4.11. The lowest BCUT2D eigenvalue weighted by atomic mass is 10.0. The van der Waals surface area contributed by atoms with Gasteiger partial charge in [0.1, 0.15) is 23.0 Å². The molecule has 0 spiro atoms. The SMILES string of the molecule is CC(O)(CNC(=O)C(=O)Nc1cc(Cl)ccc1C#N)c1cc2ccccc2o1. The summed E-state index contributed by atoms with van der Waals surface area (Å²) in [6.45, 7) is 1.22. The summed E-state index contributed by atoms with van der Waals surface area (Å²) in [5, 5.41) is 25.5. The number of nitrogens with one attached hydrogen (secondary N) is 2. The van der Waals surface area contributed by atoms with Crippen LogP contribution in [0.15, 0.2) is 52.9 Å². The van der Waals surface area contributed by atoms with Crippen LogP contribution in [-0.2, 0) is 15.2 Å². The summed E-state index contributed by atoms with van der Waals surface area (Å²) in [7, 11) is 0. The zero-order chi connectivity index (χ0) is 20.3. The molecule has 0 bridgehead atoms. The highest BCUT2D eigenvalue weighted by molar-refractivity contribution is 6.40. The summed E-state index contributed by atoms with van der Waals surface area (Å²) in [6.07, 6.45) is 0. The van der Waals surface area contributed by atoms with Gasteiger partial charge in [0.15, 0.2) is 0 Å². The summed E-state index contributed by atoms with van der Waals surface area (Å²) >= 11 is 5.85. The lowest BCUT2D eigenvalue weighted by molar-refractivity contribution is -0.136. The van der Waals surface area contributed by atoms with Gasteiger partial charge in [0.25, 0.3) is 0 Å². The minimum absolute atomic E-state index is 0.124. The first-order chi connectivity index (χ1) is 13.3. The zero-order valence-electron chi connectivity index (χ0n) is 14.8. The predicted molar refractivity (Wildman–Crippen MR) is 104 cm³/mol. The third kappa shape index (κ3) is 4.14. The van der Waals surface area contributed by atoms with E-state index in [-0.39, 0.29) is 23.6 Å². The standard InChI is InChI=1S/C20H16ClN3O4/c1-20(27,17-8-12-4-2-3-5-16(12)28-17)11-23-18(25)19(26)24-15-9-14(21)7-6-13(15)10-22/h2-9,27H,11H2,1H3,(H,23,25)(H,24,26). The lowest BCUT2D eigenvalue weighted by Gasteiger charge is -2.21. The smallest absolute Gasteiger partial charge is 0.313 e. The number of anilines is 1. The Bertz CT molecular complexity index is 1070. The van der Waals surface area contributed by atoms with E-state index in [1.54, 1.807) is 12.1 Å². The van der Waals surface area contributed by atoms with Crippen LogP contribution in [0.1, 0.15) is 18.2 Å². The molecule has 0 aliphatic heterocycles. The number of hydrogen-bond acceptors (Lipinski definition) is 5. The summed E-state index contributed by atoms with van der Waals surface area (Å²) in [4.78, 5) is 24.2. The number of hydrogen-bond donors (Lipinski definition) is 3. The van der Waals surface area contributed by atoms with Crippen molar-refractivity contribution in [2.24, 2.45) is 0 Å². The van der Waals surface area contributed by atoms with Crippen molar-refractivity contribution >= 4 is 40.1 Å². The molecule has 3 aromatic rings. The normalized spacial score (nSPS) is 12.8. The molecular weight excluding hydrogens is 382 g/mol. The maximum atomic E-state index is 12.1. The number of carbonyl (C=O) groups excluding carboxylic acids is 2. The van der Waals surface area contributed by atoms with Gasteiger partial charge in [-0.1, -0.05) is 29.8 Å². The number of nitriles is 1. The van der Waals surface area contributed by atoms with Crippen LogP contribution >= 0.6 is 11.6 Å². The lowest BCUT2D eigenvalue weighted by Crippen LogP contribution is -2.43. The van der Waals surface area contributed by atoms with Crippen LogP contribution in [0.5, 0.6) is 0 Å². The monoisotopic (exact) mass is 397 g/mol. The Balaban J connectivity index is 1.66. The molecule has 0 aliphatic rings. The molecule has 3 N–H and O–H groups in total. The molecule has 3 rings (SSSR count). The molecule has 0 radical (unpaired) electrons. The maximum Gasteiger partial charge on any atom is 0.313 e. The first-order valence-corrected chi connectivity index (χ1v) is 8.68. The van der Waals surface area contributed by atoms with E-state index in [4.69, 9.17) is 21.3 Å². The number of amides is 2. The predicted octanol–water partition coefficient (Wildman–Crippen LogP) is 2.92. The Kier molecular flexibility index (Phi) is 5.36. The van der Waals surface area contributed by atoms with Gasteiger partial charge >= 0.3 is 11.8 Å². The number of carbonyl (C=O) groups is 2. The molecule has 1 unspecified atom stereocenters. The number of aliphatic hydroxyl groups is 1. The molecule has 2 aromatic carbocycles. The molecule has 1 atom stereocenters. The van der Waals surface area contributed by atoms with Crippen molar-refractivity contribution in [2.75, 3.05) is 11.9 Å². The van der Waals surface area contributed by atoms with Gasteiger partial charge in [0.2, 0.25) is 0 Å². The minimum atomic E-state index is -1.52. The second kappa shape index (κ2) is 7.72. The van der Waals surface area contributed by atoms with Gasteiger partial charge in [-0.15, -0.1) is 0 Å². The molecule has 0 aliphatic carbocycles.